The highest BCUT2D eigenvalue weighted by Crippen LogP contribution is 2.41. The van der Waals surface area contributed by atoms with Gasteiger partial charge in [-0.2, -0.15) is 13.0 Å². The lowest BCUT2D eigenvalue weighted by Crippen LogP contribution is -2.41. The largest absolute Gasteiger partial charge is 0.495 e. The van der Waals surface area contributed by atoms with E-state index in [9.17, 15) is 13.0 Å². The van der Waals surface area contributed by atoms with Crippen LogP contribution in [0.25, 0.3) is 43.3 Å². The number of para-hydroxylation sites is 1. The van der Waals surface area contributed by atoms with Crippen molar-refractivity contribution >= 4 is 31.7 Å². The molecule has 1 aliphatic carbocycles. The third-order valence-corrected chi connectivity index (χ3v) is 9.75. The number of thiazole rings is 1. The standard InChI is InChI=1S/C34H26N2O4S2/c1-40-30-18-16-24(19-32(30)42(37,38)39)27-20-29(34-35-28-13-7-8-14-31(28)41-34)36(21-22-9-3-2-4-10-22)33-25-12-6-5-11-23(25)15-17-26(27)33/h2-14,16,18-20H,15,17,21H2,1H3/p+1. The third-order valence-electron chi connectivity index (χ3n) is 7.82. The fourth-order valence-electron chi connectivity index (χ4n) is 5.90. The number of nitrogens with zero attached hydrogens (tertiary/aromatic N) is 2. The van der Waals surface area contributed by atoms with Gasteiger partial charge >= 0.3 is 0 Å². The third kappa shape index (κ3) is 4.67. The highest BCUT2D eigenvalue weighted by Gasteiger charge is 2.33. The normalized spacial score (nSPS) is 12.6. The Labute approximate surface area is 248 Å². The van der Waals surface area contributed by atoms with Gasteiger partial charge in [-0.25, -0.2) is 4.98 Å². The van der Waals surface area contributed by atoms with Gasteiger partial charge in [0.05, 0.1) is 17.3 Å². The first-order valence-corrected chi connectivity index (χ1v) is 15.9. The van der Waals surface area contributed by atoms with Crippen LogP contribution in [0, 0.1) is 0 Å². The molecule has 0 aliphatic heterocycles. The molecule has 2 heterocycles. The van der Waals surface area contributed by atoms with Crippen LogP contribution in [0.5, 0.6) is 5.75 Å². The van der Waals surface area contributed by atoms with Gasteiger partial charge in [-0.15, -0.1) is 11.3 Å². The van der Waals surface area contributed by atoms with Gasteiger partial charge in [0.1, 0.15) is 10.6 Å². The Morgan fingerprint density at radius 2 is 1.64 bits per heavy atom. The van der Waals surface area contributed by atoms with E-state index in [1.165, 1.54) is 24.3 Å². The average Bonchev–Trinajstić information content (AvgIpc) is 3.45. The molecular formula is C34H27N2O4S2+. The fourth-order valence-corrected chi connectivity index (χ4v) is 7.57. The molecule has 4 aromatic carbocycles. The van der Waals surface area contributed by atoms with E-state index in [2.05, 4.69) is 65.2 Å². The molecule has 7 rings (SSSR count). The van der Waals surface area contributed by atoms with Crippen molar-refractivity contribution in [3.63, 3.8) is 0 Å². The van der Waals surface area contributed by atoms with Crippen LogP contribution in [0.2, 0.25) is 0 Å². The van der Waals surface area contributed by atoms with Gasteiger partial charge in [-0.3, -0.25) is 4.55 Å². The van der Waals surface area contributed by atoms with Crippen molar-refractivity contribution < 1.29 is 22.3 Å². The summed E-state index contributed by atoms with van der Waals surface area (Å²) in [6.07, 6.45) is 1.65. The van der Waals surface area contributed by atoms with Crippen molar-refractivity contribution in [3.05, 3.63) is 120 Å². The number of methoxy groups -OCH3 is 1. The molecule has 0 unspecified atom stereocenters. The van der Waals surface area contributed by atoms with Crippen LogP contribution in [0.4, 0.5) is 0 Å². The van der Waals surface area contributed by atoms with Crippen molar-refractivity contribution in [1.29, 1.82) is 0 Å². The molecule has 0 amide bonds. The van der Waals surface area contributed by atoms with Crippen LogP contribution in [0.1, 0.15) is 16.7 Å². The summed E-state index contributed by atoms with van der Waals surface area (Å²) in [6, 6.07) is 34.1. The van der Waals surface area contributed by atoms with Crippen LogP contribution in [-0.4, -0.2) is 25.1 Å². The van der Waals surface area contributed by atoms with Gasteiger partial charge < -0.3 is 4.74 Å². The van der Waals surface area contributed by atoms with E-state index in [1.807, 2.05) is 30.3 Å². The molecule has 208 valence electrons. The Morgan fingerprint density at radius 3 is 2.43 bits per heavy atom. The van der Waals surface area contributed by atoms with Crippen molar-refractivity contribution in [2.24, 2.45) is 0 Å². The first-order valence-electron chi connectivity index (χ1n) is 13.6. The number of pyridine rings is 1. The van der Waals surface area contributed by atoms with Gasteiger partial charge in [0.2, 0.25) is 11.4 Å². The lowest BCUT2D eigenvalue weighted by atomic mass is 9.84. The number of rotatable bonds is 6. The van der Waals surface area contributed by atoms with Crippen molar-refractivity contribution in [1.82, 2.24) is 4.98 Å². The Balaban J connectivity index is 1.58. The van der Waals surface area contributed by atoms with Gasteiger partial charge in [0.25, 0.3) is 10.1 Å². The maximum atomic E-state index is 12.4. The van der Waals surface area contributed by atoms with E-state index >= 15 is 0 Å². The smallest absolute Gasteiger partial charge is 0.298 e. The summed E-state index contributed by atoms with van der Waals surface area (Å²) in [5.41, 5.74) is 9.28. The minimum absolute atomic E-state index is 0.0990. The van der Waals surface area contributed by atoms with Crippen LogP contribution in [0.3, 0.4) is 0 Å². The number of fused-ring (bicyclic) bond motifs is 4. The predicted octanol–water partition coefficient (Wildman–Crippen LogP) is 6.99. The van der Waals surface area contributed by atoms with Crippen molar-refractivity contribution in [2.75, 3.05) is 7.11 Å². The quantitative estimate of drug-likeness (QED) is 0.167. The summed E-state index contributed by atoms with van der Waals surface area (Å²) >= 11 is 1.64. The number of hydrogen-bond donors (Lipinski definition) is 1. The lowest BCUT2D eigenvalue weighted by Gasteiger charge is -2.23. The predicted molar refractivity (Wildman–Crippen MR) is 165 cm³/mol. The number of ether oxygens (including phenoxy) is 1. The van der Waals surface area contributed by atoms with Crippen LogP contribution < -0.4 is 9.30 Å². The molecule has 0 fully saturated rings. The van der Waals surface area contributed by atoms with Crippen LogP contribution >= 0.6 is 11.3 Å². The first-order chi connectivity index (χ1) is 20.4. The molecule has 0 saturated carbocycles. The molecule has 0 atom stereocenters. The van der Waals surface area contributed by atoms with Crippen LogP contribution in [0.15, 0.2) is 108 Å². The van der Waals surface area contributed by atoms with Gasteiger partial charge in [-0.05, 0) is 59.9 Å². The monoisotopic (exact) mass is 591 g/mol. The van der Waals surface area contributed by atoms with Crippen LogP contribution in [-0.2, 0) is 29.5 Å². The molecule has 0 saturated heterocycles. The number of benzene rings is 4. The summed E-state index contributed by atoms with van der Waals surface area (Å²) in [7, 11) is -3.12. The fraction of sp³-hybridized carbons (Fsp3) is 0.118. The zero-order valence-electron chi connectivity index (χ0n) is 22.8. The molecule has 1 aliphatic rings. The number of aromatic nitrogens is 2. The second-order valence-corrected chi connectivity index (χ2v) is 12.7. The molecular weight excluding hydrogens is 565 g/mol. The number of aryl methyl sites for hydroxylation is 1. The summed E-state index contributed by atoms with van der Waals surface area (Å²) in [5.74, 6) is 0.0990. The molecule has 42 heavy (non-hydrogen) atoms. The van der Waals surface area contributed by atoms with Gasteiger partial charge in [-0.1, -0.05) is 66.7 Å². The summed E-state index contributed by atoms with van der Waals surface area (Å²) in [4.78, 5) is 4.80. The van der Waals surface area contributed by atoms with Crippen molar-refractivity contribution in [3.8, 4) is 38.8 Å². The molecule has 6 nitrogen and oxygen atoms in total. The summed E-state index contributed by atoms with van der Waals surface area (Å²) < 4.78 is 43.5. The van der Waals surface area contributed by atoms with E-state index in [-0.39, 0.29) is 10.6 Å². The second-order valence-electron chi connectivity index (χ2n) is 10.3. The maximum absolute atomic E-state index is 12.4. The lowest BCUT2D eigenvalue weighted by molar-refractivity contribution is -0.666. The van der Waals surface area contributed by atoms with E-state index in [4.69, 9.17) is 9.72 Å². The molecule has 0 radical (unpaired) electrons. The highest BCUT2D eigenvalue weighted by molar-refractivity contribution is 7.86. The first kappa shape index (κ1) is 26.5. The SMILES string of the molecule is COc1ccc(-c2cc(-c3nc4ccccc4s3)[n+](Cc3ccccc3)c3c2CCc2ccccc2-3)cc1S(=O)(=O)O. The van der Waals surface area contributed by atoms with E-state index < -0.39 is 10.1 Å². The zero-order valence-corrected chi connectivity index (χ0v) is 24.5. The maximum Gasteiger partial charge on any atom is 0.298 e. The number of hydrogen-bond acceptors (Lipinski definition) is 5. The molecule has 0 spiro atoms. The van der Waals surface area contributed by atoms with Gasteiger partial charge in [0, 0.05) is 22.8 Å². The summed E-state index contributed by atoms with van der Waals surface area (Å²) in [5, 5.41) is 0.878. The molecule has 8 heteroatoms. The molecule has 1 N–H and O–H groups in total. The second kappa shape index (κ2) is 10.5. The van der Waals surface area contributed by atoms with E-state index in [1.54, 1.807) is 17.4 Å². The average molecular weight is 592 g/mol. The Bertz CT molecular complexity index is 2050. The van der Waals surface area contributed by atoms with E-state index in [0.717, 1.165) is 56.1 Å². The van der Waals surface area contributed by atoms with Crippen molar-refractivity contribution in [2.45, 2.75) is 24.3 Å². The highest BCUT2D eigenvalue weighted by atomic mass is 32.2. The Kier molecular flexibility index (Phi) is 6.61. The Morgan fingerprint density at radius 1 is 0.881 bits per heavy atom. The minimum atomic E-state index is -4.51. The minimum Gasteiger partial charge on any atom is -0.495 e. The van der Waals surface area contributed by atoms with E-state index in [0.29, 0.717) is 12.1 Å². The molecule has 6 aromatic rings. The van der Waals surface area contributed by atoms with Gasteiger partial charge in [0.15, 0.2) is 11.6 Å². The topological polar surface area (TPSA) is 80.4 Å². The Hall–Kier alpha value is -4.37. The molecule has 0 bridgehead atoms. The zero-order chi connectivity index (χ0) is 28.8. The molecule has 2 aromatic heterocycles. The summed E-state index contributed by atoms with van der Waals surface area (Å²) in [6.45, 7) is 0.641.